The Morgan fingerprint density at radius 1 is 1.28 bits per heavy atom. The van der Waals surface area contributed by atoms with E-state index in [0.29, 0.717) is 36.7 Å². The van der Waals surface area contributed by atoms with E-state index in [1.165, 1.54) is 0 Å². The smallest absolute Gasteiger partial charge is 0.334 e. The van der Waals surface area contributed by atoms with Crippen LogP contribution in [0, 0.1) is 0 Å². The predicted molar refractivity (Wildman–Crippen MR) is 98.8 cm³/mol. The molecule has 3 rings (SSSR count). The predicted octanol–water partition coefficient (Wildman–Crippen LogP) is 4.41. The van der Waals surface area contributed by atoms with Gasteiger partial charge in [-0.3, -0.25) is 0 Å². The summed E-state index contributed by atoms with van der Waals surface area (Å²) in [4.78, 5) is 12.8. The van der Waals surface area contributed by atoms with Crippen molar-refractivity contribution in [1.82, 2.24) is 0 Å². The van der Waals surface area contributed by atoms with Gasteiger partial charge in [0, 0.05) is 28.2 Å². The van der Waals surface area contributed by atoms with Gasteiger partial charge in [0.2, 0.25) is 0 Å². The summed E-state index contributed by atoms with van der Waals surface area (Å²) in [5.74, 6) is 0.928. The number of cyclic esters (lactones) is 1. The molecule has 1 aliphatic heterocycles. The number of esters is 1. The number of hydrogen-bond donors (Lipinski definition) is 1. The van der Waals surface area contributed by atoms with Gasteiger partial charge in [-0.1, -0.05) is 18.2 Å². The Balaban J connectivity index is 1.88. The van der Waals surface area contributed by atoms with Gasteiger partial charge in [-0.2, -0.15) is 0 Å². The summed E-state index contributed by atoms with van der Waals surface area (Å²) in [7, 11) is 0. The summed E-state index contributed by atoms with van der Waals surface area (Å²) < 4.78 is 10.5. The van der Waals surface area contributed by atoms with Crippen LogP contribution in [0.15, 0.2) is 52.9 Å². The molecule has 0 spiro atoms. The van der Waals surface area contributed by atoms with Crippen molar-refractivity contribution in [1.29, 1.82) is 0 Å². The molecule has 1 fully saturated rings. The van der Waals surface area contributed by atoms with Crippen LogP contribution >= 0.6 is 11.8 Å². The minimum absolute atomic E-state index is 0.154. The molecule has 0 aliphatic carbocycles. The van der Waals surface area contributed by atoms with Crippen molar-refractivity contribution in [2.75, 3.05) is 13.2 Å². The molecule has 4 nitrogen and oxygen atoms in total. The molecule has 0 bridgehead atoms. The summed E-state index contributed by atoms with van der Waals surface area (Å²) >= 11 is 1.64. The van der Waals surface area contributed by atoms with Crippen molar-refractivity contribution in [3.8, 4) is 11.5 Å². The fourth-order valence-electron chi connectivity index (χ4n) is 2.61. The lowest BCUT2D eigenvalue weighted by Gasteiger charge is -2.12. The molecule has 1 N–H and O–H groups in total. The number of benzene rings is 2. The summed E-state index contributed by atoms with van der Waals surface area (Å²) in [6.07, 6.45) is 2.42. The molecule has 0 unspecified atom stereocenters. The highest BCUT2D eigenvalue weighted by atomic mass is 32.2. The number of aromatic hydroxyl groups is 1. The van der Waals surface area contributed by atoms with E-state index in [-0.39, 0.29) is 11.7 Å². The molecular formula is C20H20O4S. The van der Waals surface area contributed by atoms with Crippen LogP contribution in [0.5, 0.6) is 11.5 Å². The Morgan fingerprint density at radius 2 is 2.08 bits per heavy atom. The zero-order valence-electron chi connectivity index (χ0n) is 14.0. The average molecular weight is 356 g/mol. The molecule has 0 radical (unpaired) electrons. The molecule has 0 aromatic heterocycles. The lowest BCUT2D eigenvalue weighted by molar-refractivity contribution is -0.134. The number of phenolic OH excluding ortho intramolecular Hbond substituents is 1. The van der Waals surface area contributed by atoms with Crippen molar-refractivity contribution < 1.29 is 19.4 Å². The molecule has 1 aliphatic rings. The van der Waals surface area contributed by atoms with Crippen LogP contribution in [0.3, 0.4) is 0 Å². The topological polar surface area (TPSA) is 55.8 Å². The van der Waals surface area contributed by atoms with Crippen molar-refractivity contribution >= 4 is 23.8 Å². The van der Waals surface area contributed by atoms with Crippen LogP contribution in [0.2, 0.25) is 0 Å². The van der Waals surface area contributed by atoms with E-state index in [9.17, 15) is 9.90 Å². The van der Waals surface area contributed by atoms with E-state index in [1.54, 1.807) is 17.8 Å². The van der Waals surface area contributed by atoms with Gasteiger partial charge in [-0.05, 0) is 42.8 Å². The van der Waals surface area contributed by atoms with Crippen LogP contribution in [0.4, 0.5) is 0 Å². The van der Waals surface area contributed by atoms with Crippen LogP contribution in [-0.2, 0) is 15.3 Å². The molecule has 2 aromatic rings. The molecule has 25 heavy (non-hydrogen) atoms. The quantitative estimate of drug-likeness (QED) is 0.472. The summed E-state index contributed by atoms with van der Waals surface area (Å²) in [6.45, 7) is 2.76. The first kappa shape index (κ1) is 17.4. The van der Waals surface area contributed by atoms with Crippen molar-refractivity contribution in [3.63, 3.8) is 0 Å². The Hall–Kier alpha value is -2.40. The number of thioether (sulfide) groups is 1. The van der Waals surface area contributed by atoms with E-state index < -0.39 is 0 Å². The molecule has 2 aromatic carbocycles. The highest BCUT2D eigenvalue weighted by molar-refractivity contribution is 7.98. The van der Waals surface area contributed by atoms with Crippen molar-refractivity contribution in [3.05, 3.63) is 59.2 Å². The first-order valence-corrected chi connectivity index (χ1v) is 9.20. The maximum atomic E-state index is 11.7. The zero-order chi connectivity index (χ0) is 17.6. The summed E-state index contributed by atoms with van der Waals surface area (Å²) in [5.41, 5.74) is 2.26. The monoisotopic (exact) mass is 356 g/mol. The Kier molecular flexibility index (Phi) is 5.66. The minimum atomic E-state index is -0.272. The second-order valence-corrected chi connectivity index (χ2v) is 6.67. The number of ether oxygens (including phenoxy) is 2. The minimum Gasteiger partial charge on any atom is -0.504 e. The zero-order valence-corrected chi connectivity index (χ0v) is 14.8. The normalized spacial score (nSPS) is 15.4. The fraction of sp³-hybridized carbons (Fsp3) is 0.250. The van der Waals surface area contributed by atoms with Gasteiger partial charge in [-0.25, -0.2) is 4.79 Å². The van der Waals surface area contributed by atoms with Gasteiger partial charge in [-0.15, -0.1) is 11.8 Å². The maximum Gasteiger partial charge on any atom is 0.334 e. The Bertz CT molecular complexity index is 784. The second kappa shape index (κ2) is 8.12. The first-order valence-electron chi connectivity index (χ1n) is 8.21. The van der Waals surface area contributed by atoms with E-state index >= 15 is 0 Å². The van der Waals surface area contributed by atoms with Crippen LogP contribution < -0.4 is 4.74 Å². The van der Waals surface area contributed by atoms with Crippen molar-refractivity contribution in [2.45, 2.75) is 24.0 Å². The van der Waals surface area contributed by atoms with Gasteiger partial charge < -0.3 is 14.6 Å². The maximum absolute atomic E-state index is 11.7. The number of rotatable bonds is 6. The lowest BCUT2D eigenvalue weighted by atomic mass is 10.1. The highest BCUT2D eigenvalue weighted by Gasteiger charge is 2.19. The van der Waals surface area contributed by atoms with Gasteiger partial charge in [0.15, 0.2) is 11.5 Å². The van der Waals surface area contributed by atoms with E-state index in [2.05, 4.69) is 0 Å². The lowest BCUT2D eigenvalue weighted by Crippen LogP contribution is -1.97. The van der Waals surface area contributed by atoms with Gasteiger partial charge in [0.05, 0.1) is 13.2 Å². The molecule has 130 valence electrons. The molecule has 0 atom stereocenters. The molecule has 1 saturated heterocycles. The van der Waals surface area contributed by atoms with E-state index in [1.807, 2.05) is 49.4 Å². The highest BCUT2D eigenvalue weighted by Crippen LogP contribution is 2.36. The van der Waals surface area contributed by atoms with Gasteiger partial charge in [0.25, 0.3) is 0 Å². The summed E-state index contributed by atoms with van der Waals surface area (Å²) in [5, 5.41) is 10.5. The largest absolute Gasteiger partial charge is 0.504 e. The molecule has 0 saturated carbocycles. The first-order chi connectivity index (χ1) is 12.2. The molecule has 0 amide bonds. The van der Waals surface area contributed by atoms with Crippen molar-refractivity contribution in [2.24, 2.45) is 0 Å². The average Bonchev–Trinajstić information content (AvgIpc) is 3.02. The van der Waals surface area contributed by atoms with E-state index in [4.69, 9.17) is 9.47 Å². The van der Waals surface area contributed by atoms with Crippen LogP contribution in [0.25, 0.3) is 6.08 Å². The number of carbonyl (C=O) groups excluding carboxylic acids is 1. The number of hydrogen-bond acceptors (Lipinski definition) is 5. The third kappa shape index (κ3) is 4.37. The number of phenols is 1. The molecular weight excluding hydrogens is 336 g/mol. The van der Waals surface area contributed by atoms with E-state index in [0.717, 1.165) is 16.0 Å². The number of carbonyl (C=O) groups is 1. The third-order valence-corrected chi connectivity index (χ3v) is 4.88. The fourth-order valence-corrected chi connectivity index (χ4v) is 3.50. The third-order valence-electron chi connectivity index (χ3n) is 3.82. The summed E-state index contributed by atoms with van der Waals surface area (Å²) in [6, 6.07) is 13.7. The van der Waals surface area contributed by atoms with Crippen LogP contribution in [-0.4, -0.2) is 24.3 Å². The SMILES string of the molecule is CCOc1cc(/C=C2/CCOC2=O)cc(CSc2ccccc2)c1O. The van der Waals surface area contributed by atoms with Gasteiger partial charge in [0.1, 0.15) is 0 Å². The van der Waals surface area contributed by atoms with Crippen LogP contribution in [0.1, 0.15) is 24.5 Å². The van der Waals surface area contributed by atoms with Gasteiger partial charge >= 0.3 is 5.97 Å². The Morgan fingerprint density at radius 3 is 2.76 bits per heavy atom. The molecule has 1 heterocycles. The second-order valence-electron chi connectivity index (χ2n) is 5.62. The molecule has 5 heteroatoms. The Labute approximate surface area is 151 Å². The standard InChI is InChI=1S/C20H20O4S/c1-2-23-18-12-14(10-15-8-9-24-20(15)22)11-16(19(18)21)13-25-17-6-4-3-5-7-17/h3-7,10-12,21H,2,8-9,13H2,1H3/b15-10-.